The molecule has 0 saturated carbocycles. The number of nitrogens with one attached hydrogen (secondary N) is 1. The Morgan fingerprint density at radius 1 is 1.10 bits per heavy atom. The third-order valence-electron chi connectivity index (χ3n) is 4.70. The monoisotopic (exact) mass is 418 g/mol. The Bertz CT molecular complexity index is 826. The summed E-state index contributed by atoms with van der Waals surface area (Å²) in [6.45, 7) is 2.92. The smallest absolute Gasteiger partial charge is 0.354 e. The van der Waals surface area contributed by atoms with E-state index < -0.39 is 11.9 Å². The Balaban J connectivity index is 2.17. The minimum Gasteiger partial charge on any atom is -0.466 e. The van der Waals surface area contributed by atoms with Crippen LogP contribution in [-0.2, 0) is 28.6 Å². The van der Waals surface area contributed by atoms with Gasteiger partial charge in [0, 0.05) is 13.1 Å². The number of methoxy groups -OCH3 is 2. The molecule has 9 nitrogen and oxygen atoms in total. The van der Waals surface area contributed by atoms with E-state index in [4.69, 9.17) is 4.74 Å². The van der Waals surface area contributed by atoms with Gasteiger partial charge in [-0.15, -0.1) is 0 Å². The number of rotatable bonds is 7. The van der Waals surface area contributed by atoms with Gasteiger partial charge in [0.05, 0.1) is 44.1 Å². The molecule has 30 heavy (non-hydrogen) atoms. The summed E-state index contributed by atoms with van der Waals surface area (Å²) in [7, 11) is 2.37. The molecule has 2 rings (SSSR count). The van der Waals surface area contributed by atoms with Gasteiger partial charge in [-0.25, -0.2) is 9.59 Å². The Labute approximate surface area is 175 Å². The van der Waals surface area contributed by atoms with Crippen molar-refractivity contribution in [3.63, 3.8) is 0 Å². The molecular weight excluding hydrogens is 392 g/mol. The van der Waals surface area contributed by atoms with Crippen LogP contribution in [0.4, 0.5) is 5.69 Å². The van der Waals surface area contributed by atoms with Gasteiger partial charge in [-0.1, -0.05) is 12.1 Å². The summed E-state index contributed by atoms with van der Waals surface area (Å²) in [6, 6.07) is 6.63. The molecule has 1 aromatic rings. The number of hydrogen-bond acceptors (Lipinski definition) is 8. The van der Waals surface area contributed by atoms with E-state index in [1.54, 1.807) is 36.1 Å². The van der Waals surface area contributed by atoms with Crippen molar-refractivity contribution < 1.29 is 33.4 Å². The zero-order valence-electron chi connectivity index (χ0n) is 17.3. The minimum absolute atomic E-state index is 0.161. The van der Waals surface area contributed by atoms with Crippen LogP contribution in [-0.4, -0.2) is 62.6 Å². The maximum Gasteiger partial charge on any atom is 0.354 e. The minimum atomic E-state index is -0.780. The van der Waals surface area contributed by atoms with E-state index in [9.17, 15) is 19.2 Å². The number of carbonyl (C=O) groups is 4. The lowest BCUT2D eigenvalue weighted by Gasteiger charge is -2.31. The zero-order valence-corrected chi connectivity index (χ0v) is 17.3. The number of piperidine rings is 1. The summed E-state index contributed by atoms with van der Waals surface area (Å²) in [4.78, 5) is 50.2. The lowest BCUT2D eigenvalue weighted by molar-refractivity contribution is -0.149. The zero-order chi connectivity index (χ0) is 22.1. The lowest BCUT2D eigenvalue weighted by Crippen LogP contribution is -2.40. The average molecular weight is 418 g/mol. The normalized spacial score (nSPS) is 14.6. The highest BCUT2D eigenvalue weighted by atomic mass is 16.5. The first-order valence-corrected chi connectivity index (χ1v) is 9.61. The van der Waals surface area contributed by atoms with E-state index >= 15 is 0 Å². The van der Waals surface area contributed by atoms with Crippen molar-refractivity contribution >= 4 is 29.5 Å². The third kappa shape index (κ3) is 5.82. The van der Waals surface area contributed by atoms with Crippen LogP contribution in [0.2, 0.25) is 0 Å². The van der Waals surface area contributed by atoms with Crippen LogP contribution in [0.1, 0.15) is 30.1 Å². The quantitative estimate of drug-likeness (QED) is 0.405. The maximum atomic E-state index is 13.1. The fourth-order valence-corrected chi connectivity index (χ4v) is 3.11. The van der Waals surface area contributed by atoms with Crippen LogP contribution in [0.25, 0.3) is 0 Å². The van der Waals surface area contributed by atoms with E-state index in [-0.39, 0.29) is 23.5 Å². The summed E-state index contributed by atoms with van der Waals surface area (Å²) in [6.07, 6.45) is 2.00. The number of hydrogen-bond donors (Lipinski definition) is 1. The number of likely N-dealkylation sites (tertiary alicyclic amines) is 1. The van der Waals surface area contributed by atoms with Gasteiger partial charge in [0.25, 0.3) is 5.91 Å². The van der Waals surface area contributed by atoms with Gasteiger partial charge in [-0.05, 0) is 31.9 Å². The first-order valence-electron chi connectivity index (χ1n) is 9.61. The van der Waals surface area contributed by atoms with E-state index in [1.165, 1.54) is 14.2 Å². The summed E-state index contributed by atoms with van der Waals surface area (Å²) >= 11 is 0. The lowest BCUT2D eigenvalue weighted by atomic mass is 9.96. The van der Waals surface area contributed by atoms with Gasteiger partial charge >= 0.3 is 17.9 Å². The molecule has 1 fully saturated rings. The van der Waals surface area contributed by atoms with Gasteiger partial charge in [-0.2, -0.15) is 0 Å². The van der Waals surface area contributed by atoms with Gasteiger partial charge in [0.2, 0.25) is 0 Å². The number of anilines is 1. The number of ether oxygens (including phenoxy) is 3. The SMILES string of the molecule is CCOC(=O)C1CCN(C(=O)c2ccccc2N/C(=C/C(=O)OC)C(=O)OC)CC1. The van der Waals surface area contributed by atoms with Gasteiger partial charge in [0.15, 0.2) is 0 Å². The predicted octanol–water partition coefficient (Wildman–Crippen LogP) is 1.74. The Morgan fingerprint density at radius 3 is 2.37 bits per heavy atom. The summed E-state index contributed by atoms with van der Waals surface area (Å²) < 4.78 is 14.3. The molecular formula is C21H26N2O7. The topological polar surface area (TPSA) is 111 Å². The van der Waals surface area contributed by atoms with Crippen LogP contribution >= 0.6 is 0 Å². The summed E-state index contributed by atoms with van der Waals surface area (Å²) in [5.41, 5.74) is 0.507. The van der Waals surface area contributed by atoms with Crippen molar-refractivity contribution in [1.29, 1.82) is 0 Å². The molecule has 9 heteroatoms. The molecule has 0 unspecified atom stereocenters. The molecule has 1 amide bonds. The highest BCUT2D eigenvalue weighted by molar-refractivity contribution is 6.03. The second-order valence-corrected chi connectivity index (χ2v) is 6.56. The number of esters is 3. The highest BCUT2D eigenvalue weighted by Gasteiger charge is 2.29. The second kappa shape index (κ2) is 11.0. The fraction of sp³-hybridized carbons (Fsp3) is 0.429. The number of nitrogens with zero attached hydrogens (tertiary/aromatic N) is 1. The third-order valence-corrected chi connectivity index (χ3v) is 4.70. The number of benzene rings is 1. The van der Waals surface area contributed by atoms with E-state index in [1.807, 2.05) is 0 Å². The first-order chi connectivity index (χ1) is 14.4. The molecule has 1 aromatic carbocycles. The van der Waals surface area contributed by atoms with Crippen molar-refractivity contribution in [3.8, 4) is 0 Å². The molecule has 1 saturated heterocycles. The molecule has 1 aliphatic heterocycles. The summed E-state index contributed by atoms with van der Waals surface area (Å²) in [5, 5.41) is 2.79. The first kappa shape index (κ1) is 22.9. The van der Waals surface area contributed by atoms with Crippen LogP contribution in [0.3, 0.4) is 0 Å². The Hall–Kier alpha value is -3.36. The molecule has 0 aliphatic carbocycles. The highest BCUT2D eigenvalue weighted by Crippen LogP contribution is 2.24. The number of para-hydroxylation sites is 1. The van der Waals surface area contributed by atoms with Crippen molar-refractivity contribution in [2.75, 3.05) is 39.2 Å². The number of amides is 1. The van der Waals surface area contributed by atoms with E-state index in [0.29, 0.717) is 43.8 Å². The van der Waals surface area contributed by atoms with E-state index in [0.717, 1.165) is 6.08 Å². The molecule has 1 heterocycles. The van der Waals surface area contributed by atoms with Crippen molar-refractivity contribution in [3.05, 3.63) is 41.6 Å². The van der Waals surface area contributed by atoms with Crippen LogP contribution in [0.15, 0.2) is 36.0 Å². The van der Waals surface area contributed by atoms with Gasteiger partial charge in [0.1, 0.15) is 5.70 Å². The maximum absolute atomic E-state index is 13.1. The van der Waals surface area contributed by atoms with Gasteiger partial charge < -0.3 is 24.4 Å². The predicted molar refractivity (Wildman–Crippen MR) is 107 cm³/mol. The van der Waals surface area contributed by atoms with Gasteiger partial charge in [-0.3, -0.25) is 9.59 Å². The fourth-order valence-electron chi connectivity index (χ4n) is 3.11. The molecule has 162 valence electrons. The molecule has 1 aliphatic rings. The van der Waals surface area contributed by atoms with Crippen molar-refractivity contribution in [2.45, 2.75) is 19.8 Å². The largest absolute Gasteiger partial charge is 0.466 e. The molecule has 0 bridgehead atoms. The number of carbonyl (C=O) groups excluding carboxylic acids is 4. The van der Waals surface area contributed by atoms with Crippen LogP contribution in [0.5, 0.6) is 0 Å². The molecule has 0 atom stereocenters. The average Bonchev–Trinajstić information content (AvgIpc) is 2.78. The Kier molecular flexibility index (Phi) is 8.40. The molecule has 0 aromatic heterocycles. The van der Waals surface area contributed by atoms with Crippen LogP contribution in [0, 0.1) is 5.92 Å². The van der Waals surface area contributed by atoms with Crippen molar-refractivity contribution in [1.82, 2.24) is 4.90 Å². The van der Waals surface area contributed by atoms with E-state index in [2.05, 4.69) is 14.8 Å². The standard InChI is InChI=1S/C21H26N2O7/c1-4-30-20(26)14-9-11-23(12-10-14)19(25)15-7-5-6-8-16(15)22-17(21(27)29-3)13-18(24)28-2/h5-8,13-14,22H,4,9-12H2,1-3H3/b17-13+. The second-order valence-electron chi connectivity index (χ2n) is 6.56. The summed E-state index contributed by atoms with van der Waals surface area (Å²) in [5.74, 6) is -2.22. The molecule has 0 radical (unpaired) electrons. The Morgan fingerprint density at radius 2 is 1.77 bits per heavy atom. The molecule has 0 spiro atoms. The van der Waals surface area contributed by atoms with Crippen molar-refractivity contribution in [2.24, 2.45) is 5.92 Å². The van der Waals surface area contributed by atoms with Crippen LogP contribution < -0.4 is 5.32 Å². The molecule has 1 N–H and O–H groups in total.